The number of carbonyl (C=O) groups is 3. The molecule has 8 heteroatoms. The van der Waals surface area contributed by atoms with Gasteiger partial charge in [-0.1, -0.05) is 12.1 Å². The predicted octanol–water partition coefficient (Wildman–Crippen LogP) is 1.06. The van der Waals surface area contributed by atoms with Crippen molar-refractivity contribution in [2.24, 2.45) is 0 Å². The molecule has 2 unspecified atom stereocenters. The molecule has 3 amide bonds. The molecule has 2 saturated heterocycles. The molecule has 1 aromatic rings. The largest absolute Gasteiger partial charge is 0.497 e. The van der Waals surface area contributed by atoms with E-state index in [0.29, 0.717) is 32.8 Å². The fourth-order valence-corrected chi connectivity index (χ4v) is 3.61. The van der Waals surface area contributed by atoms with Crippen molar-refractivity contribution in [1.82, 2.24) is 15.1 Å². The molecule has 2 fully saturated rings. The molecular weight excluding hydrogens is 386 g/mol. The third kappa shape index (κ3) is 5.60. The molecule has 1 N–H and O–H groups in total. The zero-order valence-corrected chi connectivity index (χ0v) is 17.5. The van der Waals surface area contributed by atoms with E-state index in [9.17, 15) is 14.4 Å². The summed E-state index contributed by atoms with van der Waals surface area (Å²) in [6, 6.07) is 6.67. The first-order valence-electron chi connectivity index (χ1n) is 10.3. The maximum atomic E-state index is 12.7. The second kappa shape index (κ2) is 10.2. The van der Waals surface area contributed by atoms with E-state index in [1.807, 2.05) is 24.3 Å². The summed E-state index contributed by atoms with van der Waals surface area (Å²) in [6.45, 7) is 4.20. The summed E-state index contributed by atoms with van der Waals surface area (Å²) in [6.07, 6.45) is 4.44. The first-order valence-corrected chi connectivity index (χ1v) is 10.3. The predicted molar refractivity (Wildman–Crippen MR) is 112 cm³/mol. The number of benzene rings is 1. The first-order chi connectivity index (χ1) is 14.5. The van der Waals surface area contributed by atoms with E-state index >= 15 is 0 Å². The summed E-state index contributed by atoms with van der Waals surface area (Å²) in [5, 5.41) is 2.71. The van der Waals surface area contributed by atoms with Crippen LogP contribution in [0.1, 0.15) is 25.3 Å². The van der Waals surface area contributed by atoms with Crippen molar-refractivity contribution in [2.75, 3.05) is 39.9 Å². The van der Waals surface area contributed by atoms with Crippen molar-refractivity contribution in [1.29, 1.82) is 0 Å². The molecule has 0 aliphatic carbocycles. The molecule has 1 aromatic carbocycles. The highest BCUT2D eigenvalue weighted by molar-refractivity contribution is 5.95. The Kier molecular flexibility index (Phi) is 7.46. The van der Waals surface area contributed by atoms with E-state index in [4.69, 9.17) is 9.47 Å². The molecule has 3 rings (SSSR count). The zero-order chi connectivity index (χ0) is 21.5. The van der Waals surface area contributed by atoms with Gasteiger partial charge in [-0.15, -0.1) is 0 Å². The SMILES string of the molecule is COc1ccc(/C=C/C(=O)NC(C)C(=O)N2CCN(C(=O)C3CCCO3)CC2)cc1. The van der Waals surface area contributed by atoms with E-state index in [1.165, 1.54) is 6.08 Å². The number of amides is 3. The number of nitrogens with one attached hydrogen (secondary N) is 1. The Hall–Kier alpha value is -2.87. The van der Waals surface area contributed by atoms with Gasteiger partial charge in [0.1, 0.15) is 17.9 Å². The zero-order valence-electron chi connectivity index (χ0n) is 17.5. The fraction of sp³-hybridized carbons (Fsp3) is 0.500. The smallest absolute Gasteiger partial charge is 0.251 e. The van der Waals surface area contributed by atoms with Crippen LogP contribution >= 0.6 is 0 Å². The van der Waals surface area contributed by atoms with Gasteiger partial charge in [0.25, 0.3) is 5.91 Å². The van der Waals surface area contributed by atoms with Crippen LogP contribution in [-0.4, -0.2) is 79.6 Å². The van der Waals surface area contributed by atoms with Crippen LogP contribution in [0.15, 0.2) is 30.3 Å². The number of piperazine rings is 1. The summed E-state index contributed by atoms with van der Waals surface area (Å²) in [5.74, 6) is 0.280. The normalized spacial score (nSPS) is 20.3. The lowest BCUT2D eigenvalue weighted by molar-refractivity contribution is -0.146. The van der Waals surface area contributed by atoms with E-state index in [1.54, 1.807) is 29.9 Å². The molecule has 0 saturated carbocycles. The van der Waals surface area contributed by atoms with Gasteiger partial charge in [-0.3, -0.25) is 14.4 Å². The minimum absolute atomic E-state index is 0.0182. The Bertz CT molecular complexity index is 778. The monoisotopic (exact) mass is 415 g/mol. The Morgan fingerprint density at radius 1 is 1.13 bits per heavy atom. The number of carbonyl (C=O) groups excluding carboxylic acids is 3. The van der Waals surface area contributed by atoms with Gasteiger partial charge in [-0.05, 0) is 43.5 Å². The van der Waals surface area contributed by atoms with E-state index in [0.717, 1.165) is 24.2 Å². The number of methoxy groups -OCH3 is 1. The van der Waals surface area contributed by atoms with Gasteiger partial charge in [0.15, 0.2) is 0 Å². The molecule has 162 valence electrons. The molecule has 2 aliphatic heterocycles. The molecule has 0 aromatic heterocycles. The van der Waals surface area contributed by atoms with Crippen molar-refractivity contribution in [2.45, 2.75) is 31.9 Å². The van der Waals surface area contributed by atoms with Crippen molar-refractivity contribution in [3.63, 3.8) is 0 Å². The van der Waals surface area contributed by atoms with Gasteiger partial charge in [-0.25, -0.2) is 0 Å². The highest BCUT2D eigenvalue weighted by atomic mass is 16.5. The topological polar surface area (TPSA) is 88.2 Å². The van der Waals surface area contributed by atoms with Crippen molar-refractivity contribution >= 4 is 23.8 Å². The van der Waals surface area contributed by atoms with Gasteiger partial charge in [0.05, 0.1) is 7.11 Å². The molecule has 2 heterocycles. The first kappa shape index (κ1) is 21.8. The van der Waals surface area contributed by atoms with Gasteiger partial charge in [-0.2, -0.15) is 0 Å². The minimum Gasteiger partial charge on any atom is -0.497 e. The lowest BCUT2D eigenvalue weighted by atomic mass is 10.2. The molecule has 2 aliphatic rings. The van der Waals surface area contributed by atoms with Crippen LogP contribution in [0.3, 0.4) is 0 Å². The van der Waals surface area contributed by atoms with Gasteiger partial charge in [0, 0.05) is 38.9 Å². The van der Waals surface area contributed by atoms with Crippen LogP contribution in [0.4, 0.5) is 0 Å². The molecule has 0 spiro atoms. The van der Waals surface area contributed by atoms with Crippen LogP contribution in [0.25, 0.3) is 6.08 Å². The Morgan fingerprint density at radius 3 is 2.40 bits per heavy atom. The second-order valence-electron chi connectivity index (χ2n) is 7.49. The fourth-order valence-electron chi connectivity index (χ4n) is 3.61. The van der Waals surface area contributed by atoms with Gasteiger partial charge >= 0.3 is 0 Å². The summed E-state index contributed by atoms with van der Waals surface area (Å²) in [7, 11) is 1.60. The quantitative estimate of drug-likeness (QED) is 0.702. The number of nitrogens with zero attached hydrogens (tertiary/aromatic N) is 2. The Labute approximate surface area is 176 Å². The van der Waals surface area contributed by atoms with Crippen LogP contribution in [-0.2, 0) is 19.1 Å². The molecule has 8 nitrogen and oxygen atoms in total. The van der Waals surface area contributed by atoms with Gasteiger partial charge < -0.3 is 24.6 Å². The Morgan fingerprint density at radius 2 is 1.80 bits per heavy atom. The van der Waals surface area contributed by atoms with Crippen LogP contribution in [0.2, 0.25) is 0 Å². The summed E-state index contributed by atoms with van der Waals surface area (Å²) >= 11 is 0. The lowest BCUT2D eigenvalue weighted by Gasteiger charge is -2.36. The van der Waals surface area contributed by atoms with Gasteiger partial charge in [0.2, 0.25) is 11.8 Å². The van der Waals surface area contributed by atoms with Crippen LogP contribution < -0.4 is 10.1 Å². The number of ether oxygens (including phenoxy) is 2. The minimum atomic E-state index is -0.640. The molecule has 0 radical (unpaired) electrons. The third-order valence-corrected chi connectivity index (χ3v) is 5.38. The summed E-state index contributed by atoms with van der Waals surface area (Å²) in [4.78, 5) is 40.7. The second-order valence-corrected chi connectivity index (χ2v) is 7.49. The molecule has 2 atom stereocenters. The van der Waals surface area contributed by atoms with Crippen LogP contribution in [0.5, 0.6) is 5.75 Å². The highest BCUT2D eigenvalue weighted by Crippen LogP contribution is 2.16. The number of hydrogen-bond donors (Lipinski definition) is 1. The maximum absolute atomic E-state index is 12.7. The molecular formula is C22H29N3O5. The van der Waals surface area contributed by atoms with E-state index in [-0.39, 0.29) is 23.8 Å². The summed E-state index contributed by atoms with van der Waals surface area (Å²) in [5.41, 5.74) is 0.858. The highest BCUT2D eigenvalue weighted by Gasteiger charge is 2.32. The van der Waals surface area contributed by atoms with Crippen molar-refractivity contribution < 1.29 is 23.9 Å². The Balaban J connectivity index is 1.44. The van der Waals surface area contributed by atoms with Crippen molar-refractivity contribution in [3.05, 3.63) is 35.9 Å². The van der Waals surface area contributed by atoms with Crippen molar-refractivity contribution in [3.8, 4) is 5.75 Å². The standard InChI is InChI=1S/C22H29N3O5/c1-16(23-20(26)10-7-17-5-8-18(29-2)9-6-17)21(27)24-11-13-25(14-12-24)22(28)19-4-3-15-30-19/h5-10,16,19H,3-4,11-15H2,1-2H3,(H,23,26)/b10-7+. The average molecular weight is 415 g/mol. The van der Waals surface area contributed by atoms with E-state index < -0.39 is 6.04 Å². The third-order valence-electron chi connectivity index (χ3n) is 5.38. The number of rotatable bonds is 6. The molecule has 30 heavy (non-hydrogen) atoms. The lowest BCUT2D eigenvalue weighted by Crippen LogP contribution is -2.56. The summed E-state index contributed by atoms with van der Waals surface area (Å²) < 4.78 is 10.6. The van der Waals surface area contributed by atoms with E-state index in [2.05, 4.69) is 5.32 Å². The van der Waals surface area contributed by atoms with Crippen LogP contribution in [0, 0.1) is 0 Å². The number of hydrogen-bond acceptors (Lipinski definition) is 5. The maximum Gasteiger partial charge on any atom is 0.251 e. The average Bonchev–Trinajstić information content (AvgIpc) is 3.32. The molecule has 0 bridgehead atoms.